The predicted molar refractivity (Wildman–Crippen MR) is 85.2 cm³/mol. The van der Waals surface area contributed by atoms with Crippen molar-refractivity contribution in [3.63, 3.8) is 0 Å². The highest BCUT2D eigenvalue weighted by atomic mass is 16.1. The average Bonchev–Trinajstić information content (AvgIpc) is 2.49. The van der Waals surface area contributed by atoms with E-state index in [1.54, 1.807) is 6.07 Å². The number of rotatable bonds is 3. The van der Waals surface area contributed by atoms with Crippen LogP contribution in [0.2, 0.25) is 0 Å². The number of amides is 1. The lowest BCUT2D eigenvalue weighted by molar-refractivity contribution is 0.0999. The highest BCUT2D eigenvalue weighted by Gasteiger charge is 2.20. The third kappa shape index (κ3) is 2.57. The summed E-state index contributed by atoms with van der Waals surface area (Å²) in [5, 5.41) is 0. The van der Waals surface area contributed by atoms with Gasteiger partial charge < -0.3 is 16.4 Å². The van der Waals surface area contributed by atoms with Crippen LogP contribution in [0.4, 0.5) is 11.4 Å². The van der Waals surface area contributed by atoms with Gasteiger partial charge in [0, 0.05) is 30.0 Å². The predicted octanol–water partition coefficient (Wildman–Crippen LogP) is 2.32. The Bertz CT molecular complexity index is 681. The summed E-state index contributed by atoms with van der Waals surface area (Å²) in [6, 6.07) is 13.5. The molecule has 0 saturated heterocycles. The number of nitrogens with two attached hydrogens (primary N) is 2. The van der Waals surface area contributed by atoms with Gasteiger partial charge in [0.15, 0.2) is 0 Å². The molecule has 0 radical (unpaired) electrons. The van der Waals surface area contributed by atoms with Crippen LogP contribution in [-0.4, -0.2) is 12.5 Å². The molecule has 21 heavy (non-hydrogen) atoms. The number of hydrogen-bond donors (Lipinski definition) is 2. The SMILES string of the molecule is NC(=O)c1ccccc1CN1CCCc2c(N)cccc21. The molecule has 1 aliphatic heterocycles. The van der Waals surface area contributed by atoms with E-state index >= 15 is 0 Å². The van der Waals surface area contributed by atoms with Crippen LogP contribution in [0.15, 0.2) is 42.5 Å². The molecule has 0 atom stereocenters. The van der Waals surface area contributed by atoms with Gasteiger partial charge in [-0.2, -0.15) is 0 Å². The van der Waals surface area contributed by atoms with Gasteiger partial charge >= 0.3 is 0 Å². The van der Waals surface area contributed by atoms with Crippen molar-refractivity contribution in [2.24, 2.45) is 5.73 Å². The van der Waals surface area contributed by atoms with Crippen molar-refractivity contribution in [3.8, 4) is 0 Å². The Kier molecular flexibility index (Phi) is 3.52. The maximum atomic E-state index is 11.5. The number of primary amides is 1. The summed E-state index contributed by atoms with van der Waals surface area (Å²) in [4.78, 5) is 13.8. The van der Waals surface area contributed by atoms with E-state index in [9.17, 15) is 4.79 Å². The lowest BCUT2D eigenvalue weighted by Crippen LogP contribution is -2.30. The van der Waals surface area contributed by atoms with Crippen molar-refractivity contribution in [3.05, 3.63) is 59.2 Å². The van der Waals surface area contributed by atoms with Gasteiger partial charge in [0.1, 0.15) is 0 Å². The third-order valence-electron chi connectivity index (χ3n) is 4.03. The number of fused-ring (bicyclic) bond motifs is 1. The molecule has 0 bridgehead atoms. The van der Waals surface area contributed by atoms with Crippen molar-refractivity contribution >= 4 is 17.3 Å². The number of hydrogen-bond acceptors (Lipinski definition) is 3. The zero-order valence-corrected chi connectivity index (χ0v) is 11.9. The smallest absolute Gasteiger partial charge is 0.249 e. The summed E-state index contributed by atoms with van der Waals surface area (Å²) in [6.07, 6.45) is 2.08. The summed E-state index contributed by atoms with van der Waals surface area (Å²) in [5.41, 5.74) is 16.3. The van der Waals surface area contributed by atoms with E-state index in [0.29, 0.717) is 12.1 Å². The normalized spacial score (nSPS) is 13.8. The van der Waals surface area contributed by atoms with Crippen LogP contribution in [0, 0.1) is 0 Å². The number of nitrogen functional groups attached to an aromatic ring is 1. The Morgan fingerprint density at radius 3 is 2.76 bits per heavy atom. The summed E-state index contributed by atoms with van der Waals surface area (Å²) in [6.45, 7) is 1.64. The number of carbonyl (C=O) groups is 1. The number of carbonyl (C=O) groups excluding carboxylic acids is 1. The van der Waals surface area contributed by atoms with E-state index in [0.717, 1.165) is 30.6 Å². The Morgan fingerprint density at radius 1 is 1.14 bits per heavy atom. The van der Waals surface area contributed by atoms with E-state index in [1.165, 1.54) is 11.3 Å². The molecule has 1 amide bonds. The first-order chi connectivity index (χ1) is 10.2. The first kappa shape index (κ1) is 13.5. The second-order valence-electron chi connectivity index (χ2n) is 5.39. The third-order valence-corrected chi connectivity index (χ3v) is 4.03. The van der Waals surface area contributed by atoms with E-state index in [4.69, 9.17) is 11.5 Å². The van der Waals surface area contributed by atoms with Crippen molar-refractivity contribution in [1.29, 1.82) is 0 Å². The van der Waals surface area contributed by atoms with Gasteiger partial charge in [-0.1, -0.05) is 24.3 Å². The fourth-order valence-corrected chi connectivity index (χ4v) is 3.00. The second-order valence-corrected chi connectivity index (χ2v) is 5.39. The van der Waals surface area contributed by atoms with E-state index in [2.05, 4.69) is 11.0 Å². The first-order valence-corrected chi connectivity index (χ1v) is 7.17. The molecule has 4 nitrogen and oxygen atoms in total. The molecule has 1 aliphatic rings. The van der Waals surface area contributed by atoms with Gasteiger partial charge in [-0.15, -0.1) is 0 Å². The average molecular weight is 281 g/mol. The highest BCUT2D eigenvalue weighted by molar-refractivity contribution is 5.94. The molecule has 4 heteroatoms. The Morgan fingerprint density at radius 2 is 1.95 bits per heavy atom. The van der Waals surface area contributed by atoms with E-state index in [-0.39, 0.29) is 5.91 Å². The summed E-state index contributed by atoms with van der Waals surface area (Å²) in [7, 11) is 0. The molecular formula is C17H19N3O. The topological polar surface area (TPSA) is 72.4 Å². The summed E-state index contributed by atoms with van der Waals surface area (Å²) in [5.74, 6) is -0.379. The monoisotopic (exact) mass is 281 g/mol. The Labute approximate surface area is 124 Å². The molecule has 0 aromatic heterocycles. The fraction of sp³-hybridized carbons (Fsp3) is 0.235. The van der Waals surface area contributed by atoms with Crippen molar-refractivity contribution in [1.82, 2.24) is 0 Å². The largest absolute Gasteiger partial charge is 0.398 e. The van der Waals surface area contributed by atoms with Gasteiger partial charge in [-0.25, -0.2) is 0 Å². The van der Waals surface area contributed by atoms with Gasteiger partial charge in [-0.3, -0.25) is 4.79 Å². The molecule has 3 rings (SSSR count). The van der Waals surface area contributed by atoms with Crippen LogP contribution in [0.3, 0.4) is 0 Å². The minimum absolute atomic E-state index is 0.379. The van der Waals surface area contributed by atoms with Crippen LogP contribution >= 0.6 is 0 Å². The zero-order valence-electron chi connectivity index (χ0n) is 11.9. The molecule has 2 aromatic rings. The Hall–Kier alpha value is -2.49. The molecular weight excluding hydrogens is 262 g/mol. The van der Waals surface area contributed by atoms with Crippen LogP contribution in [0.25, 0.3) is 0 Å². The van der Waals surface area contributed by atoms with Gasteiger partial charge in [0.2, 0.25) is 5.91 Å². The minimum Gasteiger partial charge on any atom is -0.398 e. The van der Waals surface area contributed by atoms with E-state index < -0.39 is 0 Å². The molecule has 4 N–H and O–H groups in total. The zero-order chi connectivity index (χ0) is 14.8. The van der Waals surface area contributed by atoms with Crippen LogP contribution in [0.1, 0.15) is 27.9 Å². The van der Waals surface area contributed by atoms with Crippen LogP contribution in [-0.2, 0) is 13.0 Å². The molecule has 0 saturated carbocycles. The second kappa shape index (κ2) is 5.48. The lowest BCUT2D eigenvalue weighted by Gasteiger charge is -2.32. The minimum atomic E-state index is -0.379. The van der Waals surface area contributed by atoms with Crippen LogP contribution in [0.5, 0.6) is 0 Å². The van der Waals surface area contributed by atoms with Crippen molar-refractivity contribution in [2.75, 3.05) is 17.2 Å². The number of nitrogens with zero attached hydrogens (tertiary/aromatic N) is 1. The maximum Gasteiger partial charge on any atom is 0.249 e. The molecule has 0 unspecified atom stereocenters. The van der Waals surface area contributed by atoms with Gasteiger partial charge in [0.25, 0.3) is 0 Å². The maximum absolute atomic E-state index is 11.5. The lowest BCUT2D eigenvalue weighted by atomic mass is 9.98. The molecule has 0 spiro atoms. The standard InChI is InChI=1S/C17H19N3O/c18-15-8-3-9-16-14(15)7-4-10-20(16)11-12-5-1-2-6-13(12)17(19)21/h1-3,5-6,8-9H,4,7,10-11,18H2,(H2,19,21). The molecule has 1 heterocycles. The van der Waals surface area contributed by atoms with E-state index in [1.807, 2.05) is 30.3 Å². The fourth-order valence-electron chi connectivity index (χ4n) is 3.00. The number of benzene rings is 2. The molecule has 108 valence electrons. The van der Waals surface area contributed by atoms with Crippen molar-refractivity contribution < 1.29 is 4.79 Å². The summed E-state index contributed by atoms with van der Waals surface area (Å²) >= 11 is 0. The summed E-state index contributed by atoms with van der Waals surface area (Å²) < 4.78 is 0. The quantitative estimate of drug-likeness (QED) is 0.848. The molecule has 0 aliphatic carbocycles. The van der Waals surface area contributed by atoms with Crippen LogP contribution < -0.4 is 16.4 Å². The highest BCUT2D eigenvalue weighted by Crippen LogP contribution is 2.32. The first-order valence-electron chi connectivity index (χ1n) is 7.17. The Balaban J connectivity index is 1.95. The van der Waals surface area contributed by atoms with Gasteiger partial charge in [-0.05, 0) is 42.2 Å². The number of anilines is 2. The van der Waals surface area contributed by atoms with Gasteiger partial charge in [0.05, 0.1) is 0 Å². The molecule has 0 fully saturated rings. The molecule has 2 aromatic carbocycles. The van der Waals surface area contributed by atoms with Crippen molar-refractivity contribution in [2.45, 2.75) is 19.4 Å².